The van der Waals surface area contributed by atoms with Gasteiger partial charge in [-0.3, -0.25) is 4.79 Å². The van der Waals surface area contributed by atoms with Crippen LogP contribution < -0.4 is 5.32 Å². The van der Waals surface area contributed by atoms with Crippen molar-refractivity contribution in [2.24, 2.45) is 0 Å². The molecule has 1 amide bonds. The van der Waals surface area contributed by atoms with Gasteiger partial charge in [0.1, 0.15) is 5.60 Å². The third-order valence-electron chi connectivity index (χ3n) is 4.55. The van der Waals surface area contributed by atoms with E-state index in [0.29, 0.717) is 5.56 Å². The fourth-order valence-electron chi connectivity index (χ4n) is 2.93. The van der Waals surface area contributed by atoms with Gasteiger partial charge in [0.15, 0.2) is 0 Å². The standard InChI is InChI=1S/C22H19NO2S2/c1-22(25,20-12-17-4-2-3-5-19(17)27-20)14-23-21(24)16-8-6-15(7-9-16)18-10-11-26-13-18/h2-13,25H,14H2,1H3,(H,23,24). The van der Waals surface area contributed by atoms with Gasteiger partial charge in [-0.2, -0.15) is 11.3 Å². The second kappa shape index (κ2) is 7.27. The van der Waals surface area contributed by atoms with E-state index in [-0.39, 0.29) is 12.5 Å². The minimum Gasteiger partial charge on any atom is -0.383 e. The van der Waals surface area contributed by atoms with Gasteiger partial charge in [0, 0.05) is 15.1 Å². The number of amides is 1. The van der Waals surface area contributed by atoms with Crippen molar-refractivity contribution in [1.82, 2.24) is 5.32 Å². The number of benzene rings is 2. The summed E-state index contributed by atoms with van der Waals surface area (Å²) < 4.78 is 1.13. The minimum atomic E-state index is -1.12. The van der Waals surface area contributed by atoms with E-state index in [2.05, 4.69) is 16.8 Å². The first-order chi connectivity index (χ1) is 13.0. The molecule has 27 heavy (non-hydrogen) atoms. The number of thiophene rings is 2. The molecule has 0 radical (unpaired) electrons. The monoisotopic (exact) mass is 393 g/mol. The number of carbonyl (C=O) groups excluding carboxylic acids is 1. The quantitative estimate of drug-likeness (QED) is 0.485. The van der Waals surface area contributed by atoms with Crippen LogP contribution in [0.1, 0.15) is 22.2 Å². The maximum absolute atomic E-state index is 12.5. The van der Waals surface area contributed by atoms with Gasteiger partial charge in [-0.15, -0.1) is 11.3 Å². The summed E-state index contributed by atoms with van der Waals surface area (Å²) in [7, 11) is 0. The zero-order valence-electron chi connectivity index (χ0n) is 14.8. The van der Waals surface area contributed by atoms with E-state index in [4.69, 9.17) is 0 Å². The lowest BCUT2D eigenvalue weighted by atomic mass is 10.0. The molecule has 2 aromatic heterocycles. The van der Waals surface area contributed by atoms with Gasteiger partial charge in [-0.25, -0.2) is 0 Å². The molecule has 1 atom stereocenters. The molecule has 0 fully saturated rings. The Bertz CT molecular complexity index is 1030. The van der Waals surface area contributed by atoms with E-state index in [1.54, 1.807) is 29.6 Å². The fraction of sp³-hybridized carbons (Fsp3) is 0.136. The zero-order valence-corrected chi connectivity index (χ0v) is 16.4. The minimum absolute atomic E-state index is 0.158. The number of hydrogen-bond acceptors (Lipinski definition) is 4. The van der Waals surface area contributed by atoms with Crippen LogP contribution in [0.15, 0.2) is 71.4 Å². The summed E-state index contributed by atoms with van der Waals surface area (Å²) in [6, 6.07) is 19.6. The maximum atomic E-state index is 12.5. The van der Waals surface area contributed by atoms with Gasteiger partial charge in [-0.05, 0) is 64.5 Å². The van der Waals surface area contributed by atoms with Crippen molar-refractivity contribution >= 4 is 38.7 Å². The summed E-state index contributed by atoms with van der Waals surface area (Å²) in [5.41, 5.74) is 1.71. The number of nitrogens with one attached hydrogen (secondary N) is 1. The third kappa shape index (κ3) is 3.81. The maximum Gasteiger partial charge on any atom is 0.251 e. The van der Waals surface area contributed by atoms with Crippen LogP contribution in [0.3, 0.4) is 0 Å². The summed E-state index contributed by atoms with van der Waals surface area (Å²) >= 11 is 3.20. The summed E-state index contributed by atoms with van der Waals surface area (Å²) in [5.74, 6) is -0.187. The number of rotatable bonds is 5. The first kappa shape index (κ1) is 17.9. The van der Waals surface area contributed by atoms with E-state index in [1.807, 2.05) is 60.0 Å². The molecule has 4 aromatic rings. The van der Waals surface area contributed by atoms with Crippen molar-refractivity contribution in [2.75, 3.05) is 6.54 Å². The van der Waals surface area contributed by atoms with Gasteiger partial charge >= 0.3 is 0 Å². The van der Waals surface area contributed by atoms with Crippen molar-refractivity contribution in [3.05, 3.63) is 81.9 Å². The Labute approximate surface area is 165 Å². The van der Waals surface area contributed by atoms with E-state index in [9.17, 15) is 9.90 Å². The topological polar surface area (TPSA) is 49.3 Å². The highest BCUT2D eigenvalue weighted by Gasteiger charge is 2.26. The first-order valence-electron chi connectivity index (χ1n) is 8.65. The van der Waals surface area contributed by atoms with Crippen LogP contribution >= 0.6 is 22.7 Å². The zero-order chi connectivity index (χ0) is 18.9. The smallest absolute Gasteiger partial charge is 0.251 e. The molecule has 0 saturated carbocycles. The van der Waals surface area contributed by atoms with Gasteiger partial charge in [0.2, 0.25) is 0 Å². The molecule has 5 heteroatoms. The molecule has 0 bridgehead atoms. The Morgan fingerprint density at radius 2 is 1.85 bits per heavy atom. The number of fused-ring (bicyclic) bond motifs is 1. The fourth-order valence-corrected chi connectivity index (χ4v) is 4.70. The molecule has 0 spiro atoms. The lowest BCUT2D eigenvalue weighted by Crippen LogP contribution is -2.38. The third-order valence-corrected chi connectivity index (χ3v) is 6.60. The molecule has 2 aromatic carbocycles. The Hall–Kier alpha value is -2.47. The molecule has 4 rings (SSSR count). The largest absolute Gasteiger partial charge is 0.383 e. The number of aliphatic hydroxyl groups is 1. The van der Waals surface area contributed by atoms with Crippen molar-refractivity contribution < 1.29 is 9.90 Å². The van der Waals surface area contributed by atoms with Crippen LogP contribution in [0.4, 0.5) is 0 Å². The van der Waals surface area contributed by atoms with Gasteiger partial charge in [0.25, 0.3) is 5.91 Å². The van der Waals surface area contributed by atoms with Gasteiger partial charge in [0.05, 0.1) is 6.54 Å². The Morgan fingerprint density at radius 3 is 2.56 bits per heavy atom. The average Bonchev–Trinajstić information content (AvgIpc) is 3.36. The average molecular weight is 394 g/mol. The molecule has 3 nitrogen and oxygen atoms in total. The lowest BCUT2D eigenvalue weighted by Gasteiger charge is -2.22. The van der Waals surface area contributed by atoms with Crippen LogP contribution in [0.2, 0.25) is 0 Å². The first-order valence-corrected chi connectivity index (χ1v) is 10.4. The van der Waals surface area contributed by atoms with Crippen molar-refractivity contribution in [1.29, 1.82) is 0 Å². The normalized spacial score (nSPS) is 13.4. The molecule has 0 aliphatic rings. The van der Waals surface area contributed by atoms with Crippen molar-refractivity contribution in [3.8, 4) is 11.1 Å². The van der Waals surface area contributed by atoms with Crippen molar-refractivity contribution in [3.63, 3.8) is 0 Å². The Balaban J connectivity index is 1.44. The highest BCUT2D eigenvalue weighted by molar-refractivity contribution is 7.19. The molecule has 1 unspecified atom stereocenters. The highest BCUT2D eigenvalue weighted by atomic mass is 32.1. The molecule has 2 heterocycles. The van der Waals surface area contributed by atoms with E-state index < -0.39 is 5.60 Å². The number of hydrogen-bond donors (Lipinski definition) is 2. The Morgan fingerprint density at radius 1 is 1.07 bits per heavy atom. The molecule has 2 N–H and O–H groups in total. The Kier molecular flexibility index (Phi) is 4.83. The lowest BCUT2D eigenvalue weighted by molar-refractivity contribution is 0.0557. The summed E-state index contributed by atoms with van der Waals surface area (Å²) in [4.78, 5) is 13.3. The van der Waals surface area contributed by atoms with Crippen LogP contribution in [0, 0.1) is 0 Å². The summed E-state index contributed by atoms with van der Waals surface area (Å²) in [5, 5.41) is 18.9. The van der Waals surface area contributed by atoms with E-state index in [0.717, 1.165) is 26.1 Å². The molecule has 0 aliphatic heterocycles. The predicted molar refractivity (Wildman–Crippen MR) is 113 cm³/mol. The summed E-state index contributed by atoms with van der Waals surface area (Å²) in [6.07, 6.45) is 0. The SMILES string of the molecule is CC(O)(CNC(=O)c1ccc(-c2ccsc2)cc1)c1cc2ccccc2s1. The van der Waals surface area contributed by atoms with Crippen LogP contribution in [-0.2, 0) is 5.60 Å². The molecule has 136 valence electrons. The van der Waals surface area contributed by atoms with E-state index >= 15 is 0 Å². The van der Waals surface area contributed by atoms with Crippen LogP contribution in [-0.4, -0.2) is 17.6 Å². The molecular weight excluding hydrogens is 374 g/mol. The van der Waals surface area contributed by atoms with Crippen LogP contribution in [0.25, 0.3) is 21.2 Å². The van der Waals surface area contributed by atoms with Crippen molar-refractivity contribution in [2.45, 2.75) is 12.5 Å². The molecule has 0 saturated heterocycles. The van der Waals surface area contributed by atoms with Gasteiger partial charge in [-0.1, -0.05) is 30.3 Å². The van der Waals surface area contributed by atoms with Gasteiger partial charge < -0.3 is 10.4 Å². The highest BCUT2D eigenvalue weighted by Crippen LogP contribution is 2.32. The second-order valence-corrected chi connectivity index (χ2v) is 8.56. The summed E-state index contributed by atoms with van der Waals surface area (Å²) in [6.45, 7) is 1.89. The predicted octanol–water partition coefficient (Wildman–Crippen LogP) is 5.27. The van der Waals surface area contributed by atoms with Crippen LogP contribution in [0.5, 0.6) is 0 Å². The second-order valence-electron chi connectivity index (χ2n) is 6.69. The molecule has 0 aliphatic carbocycles. The number of carbonyl (C=O) groups is 1. The molecular formula is C22H19NO2S2. The van der Waals surface area contributed by atoms with E-state index in [1.165, 1.54) is 0 Å².